The second-order valence-electron chi connectivity index (χ2n) is 7.47. The number of nitrogens with two attached hydrogens (primary N) is 1. The zero-order chi connectivity index (χ0) is 23.0. The van der Waals surface area contributed by atoms with E-state index in [1.807, 2.05) is 54.6 Å². The Kier molecular flexibility index (Phi) is 8.58. The summed E-state index contributed by atoms with van der Waals surface area (Å²) in [6.07, 6.45) is 4.30. The molecule has 1 heterocycles. The Bertz CT molecular complexity index is 1140. The van der Waals surface area contributed by atoms with Gasteiger partial charge in [0.1, 0.15) is 0 Å². The van der Waals surface area contributed by atoms with Gasteiger partial charge in [-0.1, -0.05) is 48.0 Å². The standard InChI is InChI=1S/C23H28ClN5O2S/c1-32(30,31)29(15-5-12-25)17-18-6-4-8-20(16-18)22-11-14-27-23(28-22)26-13-10-19-7-2-3-9-21(19)24/h2-4,6-9,11,14,16H,5,10,12-13,15,17,25H2,1H3,(H,26,27,28). The average Bonchev–Trinajstić information content (AvgIpc) is 2.77. The van der Waals surface area contributed by atoms with Gasteiger partial charge in [-0.25, -0.2) is 18.4 Å². The Morgan fingerprint density at radius 3 is 2.69 bits per heavy atom. The highest BCUT2D eigenvalue weighted by Crippen LogP contribution is 2.21. The van der Waals surface area contributed by atoms with Crippen LogP contribution in [0.3, 0.4) is 0 Å². The first kappa shape index (κ1) is 24.1. The highest BCUT2D eigenvalue weighted by molar-refractivity contribution is 7.88. The molecule has 0 bridgehead atoms. The molecule has 0 aliphatic heterocycles. The number of hydrogen-bond acceptors (Lipinski definition) is 6. The third-order valence-corrected chi connectivity index (χ3v) is 6.57. The lowest BCUT2D eigenvalue weighted by Crippen LogP contribution is -2.31. The fourth-order valence-corrected chi connectivity index (χ4v) is 4.35. The minimum atomic E-state index is -3.32. The number of sulfonamides is 1. The highest BCUT2D eigenvalue weighted by atomic mass is 35.5. The molecule has 0 fully saturated rings. The fourth-order valence-electron chi connectivity index (χ4n) is 3.28. The summed E-state index contributed by atoms with van der Waals surface area (Å²) in [5.74, 6) is 0.528. The summed E-state index contributed by atoms with van der Waals surface area (Å²) in [6, 6.07) is 17.3. The Labute approximate surface area is 194 Å². The molecule has 0 amide bonds. The van der Waals surface area contributed by atoms with Crippen LogP contribution in [-0.2, 0) is 23.0 Å². The zero-order valence-electron chi connectivity index (χ0n) is 18.0. The summed E-state index contributed by atoms with van der Waals surface area (Å²) >= 11 is 6.21. The van der Waals surface area contributed by atoms with Crippen LogP contribution >= 0.6 is 11.6 Å². The molecule has 3 aromatic rings. The van der Waals surface area contributed by atoms with Crippen LogP contribution in [0, 0.1) is 0 Å². The number of nitrogens with zero attached hydrogens (tertiary/aromatic N) is 3. The molecule has 32 heavy (non-hydrogen) atoms. The molecule has 0 atom stereocenters. The van der Waals surface area contributed by atoms with E-state index in [2.05, 4.69) is 15.3 Å². The smallest absolute Gasteiger partial charge is 0.223 e. The van der Waals surface area contributed by atoms with Crippen molar-refractivity contribution in [2.45, 2.75) is 19.4 Å². The molecule has 0 saturated carbocycles. The zero-order valence-corrected chi connectivity index (χ0v) is 19.6. The first-order chi connectivity index (χ1) is 15.4. The van der Waals surface area contributed by atoms with Gasteiger partial charge in [0.05, 0.1) is 11.9 Å². The molecule has 1 aromatic heterocycles. The van der Waals surface area contributed by atoms with Gasteiger partial charge in [0.25, 0.3) is 0 Å². The van der Waals surface area contributed by atoms with Gasteiger partial charge in [-0.2, -0.15) is 4.31 Å². The molecular weight excluding hydrogens is 446 g/mol. The lowest BCUT2D eigenvalue weighted by atomic mass is 10.1. The van der Waals surface area contributed by atoms with E-state index in [9.17, 15) is 8.42 Å². The minimum Gasteiger partial charge on any atom is -0.354 e. The van der Waals surface area contributed by atoms with Crippen molar-refractivity contribution in [2.75, 3.05) is 31.2 Å². The van der Waals surface area contributed by atoms with Crippen LogP contribution < -0.4 is 11.1 Å². The molecule has 170 valence electrons. The summed E-state index contributed by atoms with van der Waals surface area (Å²) in [6.45, 7) is 1.78. The number of benzene rings is 2. The van der Waals surface area contributed by atoms with E-state index in [0.29, 0.717) is 38.5 Å². The summed E-state index contributed by atoms with van der Waals surface area (Å²) in [7, 11) is -3.32. The summed E-state index contributed by atoms with van der Waals surface area (Å²) in [5.41, 5.74) is 9.16. The van der Waals surface area contributed by atoms with Crippen LogP contribution in [0.2, 0.25) is 5.02 Å². The molecular formula is C23H28ClN5O2S. The quantitative estimate of drug-likeness (QED) is 0.441. The number of hydrogen-bond donors (Lipinski definition) is 2. The van der Waals surface area contributed by atoms with Crippen molar-refractivity contribution in [1.29, 1.82) is 0 Å². The second-order valence-corrected chi connectivity index (χ2v) is 9.86. The number of rotatable bonds is 11. The number of halogens is 1. The van der Waals surface area contributed by atoms with Crippen molar-refractivity contribution < 1.29 is 8.42 Å². The van der Waals surface area contributed by atoms with E-state index < -0.39 is 10.0 Å². The Hall–Kier alpha value is -2.52. The van der Waals surface area contributed by atoms with Gasteiger partial charge >= 0.3 is 0 Å². The van der Waals surface area contributed by atoms with Crippen LogP contribution in [-0.4, -0.2) is 48.6 Å². The summed E-state index contributed by atoms with van der Waals surface area (Å²) in [4.78, 5) is 8.91. The maximum atomic E-state index is 12.1. The molecule has 2 aromatic carbocycles. The van der Waals surface area contributed by atoms with E-state index in [-0.39, 0.29) is 0 Å². The third-order valence-electron chi connectivity index (χ3n) is 4.95. The van der Waals surface area contributed by atoms with Crippen molar-refractivity contribution in [3.8, 4) is 11.3 Å². The molecule has 3 N–H and O–H groups in total. The van der Waals surface area contributed by atoms with Gasteiger partial charge < -0.3 is 11.1 Å². The van der Waals surface area contributed by atoms with Gasteiger partial charge in [-0.15, -0.1) is 0 Å². The van der Waals surface area contributed by atoms with Gasteiger partial charge in [-0.05, 0) is 48.7 Å². The lowest BCUT2D eigenvalue weighted by Gasteiger charge is -2.20. The van der Waals surface area contributed by atoms with Gasteiger partial charge in [0, 0.05) is 36.4 Å². The van der Waals surface area contributed by atoms with E-state index >= 15 is 0 Å². The average molecular weight is 474 g/mol. The monoisotopic (exact) mass is 473 g/mol. The summed E-state index contributed by atoms with van der Waals surface area (Å²) < 4.78 is 25.7. The number of aromatic nitrogens is 2. The van der Waals surface area contributed by atoms with Gasteiger partial charge in [-0.3, -0.25) is 0 Å². The molecule has 9 heteroatoms. The third kappa shape index (κ3) is 7.00. The molecule has 7 nitrogen and oxygen atoms in total. The molecule has 0 spiro atoms. The van der Waals surface area contributed by atoms with Crippen LogP contribution in [0.4, 0.5) is 5.95 Å². The van der Waals surface area contributed by atoms with Crippen LogP contribution in [0.25, 0.3) is 11.3 Å². The van der Waals surface area contributed by atoms with Crippen LogP contribution in [0.1, 0.15) is 17.5 Å². The van der Waals surface area contributed by atoms with E-state index in [0.717, 1.165) is 33.8 Å². The number of anilines is 1. The molecule has 3 rings (SSSR count). The summed E-state index contributed by atoms with van der Waals surface area (Å²) in [5, 5.41) is 3.99. The maximum Gasteiger partial charge on any atom is 0.223 e. The highest BCUT2D eigenvalue weighted by Gasteiger charge is 2.16. The van der Waals surface area contributed by atoms with E-state index in [1.165, 1.54) is 10.6 Å². The van der Waals surface area contributed by atoms with Gasteiger partial charge in [0.2, 0.25) is 16.0 Å². The second kappa shape index (κ2) is 11.4. The molecule has 0 saturated heterocycles. The predicted molar refractivity (Wildman–Crippen MR) is 130 cm³/mol. The maximum absolute atomic E-state index is 12.1. The van der Waals surface area contributed by atoms with Crippen molar-refractivity contribution in [3.63, 3.8) is 0 Å². The van der Waals surface area contributed by atoms with Crippen LogP contribution in [0.5, 0.6) is 0 Å². The van der Waals surface area contributed by atoms with Crippen molar-refractivity contribution in [2.24, 2.45) is 5.73 Å². The van der Waals surface area contributed by atoms with E-state index in [1.54, 1.807) is 6.20 Å². The Morgan fingerprint density at radius 2 is 1.94 bits per heavy atom. The topological polar surface area (TPSA) is 101 Å². The SMILES string of the molecule is CS(=O)(=O)N(CCCN)Cc1cccc(-c2ccnc(NCCc3ccccc3Cl)n2)c1. The van der Waals surface area contributed by atoms with E-state index in [4.69, 9.17) is 17.3 Å². The molecule has 0 unspecified atom stereocenters. The molecule has 0 radical (unpaired) electrons. The largest absolute Gasteiger partial charge is 0.354 e. The van der Waals surface area contributed by atoms with Crippen molar-refractivity contribution in [1.82, 2.24) is 14.3 Å². The molecule has 0 aliphatic carbocycles. The lowest BCUT2D eigenvalue weighted by molar-refractivity contribution is 0.405. The Morgan fingerprint density at radius 1 is 1.12 bits per heavy atom. The Balaban J connectivity index is 1.70. The van der Waals surface area contributed by atoms with Gasteiger partial charge in [0.15, 0.2) is 0 Å². The molecule has 0 aliphatic rings. The minimum absolute atomic E-state index is 0.292. The first-order valence-corrected chi connectivity index (χ1v) is 12.6. The first-order valence-electron chi connectivity index (χ1n) is 10.4. The fraction of sp³-hybridized carbons (Fsp3) is 0.304. The van der Waals surface area contributed by atoms with Crippen molar-refractivity contribution >= 4 is 27.6 Å². The predicted octanol–water partition coefficient (Wildman–Crippen LogP) is 3.56. The van der Waals surface area contributed by atoms with Crippen molar-refractivity contribution in [3.05, 3.63) is 76.9 Å². The normalized spacial score (nSPS) is 11.6. The number of nitrogens with one attached hydrogen (secondary N) is 1. The van der Waals surface area contributed by atoms with Crippen LogP contribution in [0.15, 0.2) is 60.8 Å².